The Morgan fingerprint density at radius 1 is 1.73 bits per heavy atom. The number of rotatable bonds is 4. The van der Waals surface area contributed by atoms with Crippen LogP contribution in [0.4, 0.5) is 0 Å². The fourth-order valence-electron chi connectivity index (χ4n) is 2.62. The molecular formula is C9H11INO4-. The molecule has 0 aromatic carbocycles. The minimum atomic E-state index is -1.26. The maximum atomic E-state index is 10.8. The zero-order chi connectivity index (χ0) is 11.1. The van der Waals surface area contributed by atoms with Gasteiger partial charge in [0.15, 0.2) is 0 Å². The van der Waals surface area contributed by atoms with Gasteiger partial charge in [-0.05, 0) is 0 Å². The second-order valence-electron chi connectivity index (χ2n) is 4.04. The van der Waals surface area contributed by atoms with E-state index in [0.717, 1.165) is 6.42 Å². The number of allylic oxidation sites excluding steroid dienone is 2. The average Bonchev–Trinajstić information content (AvgIpc) is 2.44. The van der Waals surface area contributed by atoms with Gasteiger partial charge in [0.1, 0.15) is 0 Å². The van der Waals surface area contributed by atoms with Gasteiger partial charge >= 0.3 is 97.3 Å². The Balaban J connectivity index is 2.11. The predicted molar refractivity (Wildman–Crippen MR) is 47.3 cm³/mol. The van der Waals surface area contributed by atoms with Crippen LogP contribution in [0.15, 0.2) is 12.2 Å². The minimum absolute atomic E-state index is 0.0237. The van der Waals surface area contributed by atoms with Crippen molar-refractivity contribution in [2.24, 2.45) is 11.8 Å². The fourth-order valence-corrected chi connectivity index (χ4v) is 5.68. The van der Waals surface area contributed by atoms with E-state index in [1.807, 2.05) is 6.08 Å². The van der Waals surface area contributed by atoms with Crippen molar-refractivity contribution in [1.82, 2.24) is 0 Å². The van der Waals surface area contributed by atoms with Crippen LogP contribution in [0.3, 0.4) is 0 Å². The summed E-state index contributed by atoms with van der Waals surface area (Å²) in [7, 11) is 0. The van der Waals surface area contributed by atoms with E-state index >= 15 is 0 Å². The molecule has 0 saturated heterocycles. The molecule has 5 nitrogen and oxygen atoms in total. The summed E-state index contributed by atoms with van der Waals surface area (Å²) in [5.41, 5.74) is 0. The summed E-state index contributed by atoms with van der Waals surface area (Å²) in [5.74, 6) is -0.266. The molecule has 1 saturated carbocycles. The van der Waals surface area contributed by atoms with Gasteiger partial charge in [-0.25, -0.2) is 0 Å². The first kappa shape index (κ1) is 10.8. The van der Waals surface area contributed by atoms with Gasteiger partial charge in [0.25, 0.3) is 0 Å². The molecule has 0 unspecified atom stereocenters. The monoisotopic (exact) mass is 324 g/mol. The van der Waals surface area contributed by atoms with Crippen molar-refractivity contribution in [3.63, 3.8) is 0 Å². The van der Waals surface area contributed by atoms with E-state index in [9.17, 15) is 14.9 Å². The van der Waals surface area contributed by atoms with Crippen molar-refractivity contribution < 1.29 is 34.5 Å². The van der Waals surface area contributed by atoms with Gasteiger partial charge in [0.2, 0.25) is 0 Å². The average molecular weight is 324 g/mol. The summed E-state index contributed by atoms with van der Waals surface area (Å²) < 4.78 is -0.751. The molecule has 0 radical (unpaired) electrons. The number of alkyl halides is 1. The Morgan fingerprint density at radius 2 is 2.47 bits per heavy atom. The van der Waals surface area contributed by atoms with Gasteiger partial charge in [-0.15, -0.1) is 0 Å². The Labute approximate surface area is 97.3 Å². The van der Waals surface area contributed by atoms with E-state index in [1.165, 1.54) is 0 Å². The third-order valence-electron chi connectivity index (χ3n) is 3.21. The number of halogens is 1. The zero-order valence-corrected chi connectivity index (χ0v) is 10.1. The van der Waals surface area contributed by atoms with Gasteiger partial charge in [-0.2, -0.15) is 0 Å². The van der Waals surface area contributed by atoms with Gasteiger partial charge in [0.05, 0.1) is 0 Å². The molecule has 0 bridgehead atoms. The van der Waals surface area contributed by atoms with Crippen LogP contribution < -0.4 is 21.5 Å². The number of carboxylic acids is 1. The number of fused-ring (bicyclic) bond motifs is 1. The molecule has 2 rings (SSSR count). The van der Waals surface area contributed by atoms with Crippen LogP contribution >= 0.6 is 0 Å². The maximum absolute atomic E-state index is 10.8. The predicted octanol–water partition coefficient (Wildman–Crippen LogP) is -1.92. The summed E-state index contributed by atoms with van der Waals surface area (Å²) >= 11 is -1.26. The quantitative estimate of drug-likeness (QED) is 0.163. The van der Waals surface area contributed by atoms with Crippen LogP contribution in [0.25, 0.3) is 0 Å². The summed E-state index contributed by atoms with van der Waals surface area (Å²) in [6.45, 7) is 0. The van der Waals surface area contributed by atoms with Gasteiger partial charge in [-0.3, -0.25) is 0 Å². The van der Waals surface area contributed by atoms with Crippen molar-refractivity contribution >= 4 is 5.97 Å². The number of carbonyl (C=O) groups is 1. The van der Waals surface area contributed by atoms with Crippen LogP contribution in [-0.2, 0) is 4.79 Å². The Bertz CT molecular complexity index is 325. The summed E-state index contributed by atoms with van der Waals surface area (Å²) in [4.78, 5) is 21.4. The number of aliphatic carboxylic acids is 1. The number of hydrogen-bond acceptors (Lipinski definition) is 3. The second-order valence-corrected chi connectivity index (χ2v) is 7.46. The first-order valence-electron chi connectivity index (χ1n) is 4.72. The molecule has 2 aliphatic rings. The van der Waals surface area contributed by atoms with Crippen LogP contribution in [-0.4, -0.2) is 17.6 Å². The summed E-state index contributed by atoms with van der Waals surface area (Å²) in [5, 5.41) is 19.4. The van der Waals surface area contributed by atoms with E-state index in [2.05, 4.69) is 6.08 Å². The van der Waals surface area contributed by atoms with Crippen molar-refractivity contribution in [1.29, 1.82) is 0 Å². The second kappa shape index (κ2) is 3.73. The third-order valence-corrected chi connectivity index (χ3v) is 6.19. The number of hydrogen-bond donors (Lipinski definition) is 1. The Kier molecular flexibility index (Phi) is 2.70. The SMILES string of the molecule is O=C(O)C[C@@]1([I-][N+](=O)[O-])C[C@H]2C=CC[C@H]21. The zero-order valence-electron chi connectivity index (χ0n) is 7.93. The van der Waals surface area contributed by atoms with Gasteiger partial charge in [-0.1, -0.05) is 0 Å². The molecule has 2 aliphatic carbocycles. The standard InChI is InChI=1S/C9H11INO4/c12-8(13)5-9(10-11(14)15)4-6-2-1-3-7(6)9/h1-2,6-7H,3-5H2,(H,12,13)/q-1/t6-,7-,9+/m1/s1. The first-order chi connectivity index (χ1) is 7.03. The van der Waals surface area contributed by atoms with E-state index < -0.39 is 30.9 Å². The molecule has 1 N–H and O–H groups in total. The molecule has 0 heterocycles. The normalized spacial score (nSPS) is 37.3. The number of nitro groups is 1. The molecule has 6 heteroatoms. The molecule has 0 spiro atoms. The molecule has 0 amide bonds. The number of carboxylic acid groups (broad SMARTS) is 1. The van der Waals surface area contributed by atoms with E-state index in [1.54, 1.807) is 0 Å². The summed E-state index contributed by atoms with van der Waals surface area (Å²) in [6, 6.07) is 0. The van der Waals surface area contributed by atoms with Crippen LogP contribution in [0, 0.1) is 22.0 Å². The Hall–Kier alpha value is -0.660. The van der Waals surface area contributed by atoms with Gasteiger partial charge in [0, 0.05) is 0 Å². The van der Waals surface area contributed by atoms with E-state index in [0.29, 0.717) is 12.3 Å². The molecule has 0 aromatic rings. The van der Waals surface area contributed by atoms with Crippen LogP contribution in [0.2, 0.25) is 0 Å². The van der Waals surface area contributed by atoms with Crippen LogP contribution in [0.5, 0.6) is 0 Å². The van der Waals surface area contributed by atoms with E-state index in [-0.39, 0.29) is 15.5 Å². The molecule has 0 aliphatic heterocycles. The Morgan fingerprint density at radius 3 is 3.00 bits per heavy atom. The summed E-state index contributed by atoms with van der Waals surface area (Å²) in [6.07, 6.45) is 5.61. The van der Waals surface area contributed by atoms with Crippen LogP contribution in [0.1, 0.15) is 19.3 Å². The van der Waals surface area contributed by atoms with Crippen molar-refractivity contribution in [2.75, 3.05) is 0 Å². The molecule has 1 fully saturated rings. The molecular weight excluding hydrogens is 313 g/mol. The fraction of sp³-hybridized carbons (Fsp3) is 0.667. The molecule has 3 atom stereocenters. The third kappa shape index (κ3) is 1.86. The van der Waals surface area contributed by atoms with Crippen molar-refractivity contribution in [2.45, 2.75) is 22.7 Å². The van der Waals surface area contributed by atoms with E-state index in [4.69, 9.17) is 5.11 Å². The molecule has 0 aromatic heterocycles. The van der Waals surface area contributed by atoms with Crippen molar-refractivity contribution in [3.05, 3.63) is 22.3 Å². The molecule has 15 heavy (non-hydrogen) atoms. The first-order valence-corrected chi connectivity index (χ1v) is 6.77. The number of nitrogens with zero attached hydrogens (tertiary/aromatic N) is 1. The topological polar surface area (TPSA) is 80.4 Å². The molecule has 84 valence electrons. The van der Waals surface area contributed by atoms with Crippen molar-refractivity contribution in [3.8, 4) is 0 Å². The van der Waals surface area contributed by atoms with Gasteiger partial charge < -0.3 is 0 Å².